The van der Waals surface area contributed by atoms with Crippen LogP contribution < -0.4 is 0 Å². The molecule has 3 saturated carbocycles. The molecule has 118 valence electrons. The van der Waals surface area contributed by atoms with Crippen LogP contribution in [0.4, 0.5) is 0 Å². The summed E-state index contributed by atoms with van der Waals surface area (Å²) in [7, 11) is 0. The van der Waals surface area contributed by atoms with Crippen LogP contribution in [0, 0.1) is 29.1 Å². The Morgan fingerprint density at radius 1 is 1.29 bits per heavy atom. The predicted molar refractivity (Wildman–Crippen MR) is 89.0 cm³/mol. The van der Waals surface area contributed by atoms with E-state index in [0.29, 0.717) is 17.3 Å². The average Bonchev–Trinajstić information content (AvgIpc) is 2.86. The Bertz CT molecular complexity index is 468. The van der Waals surface area contributed by atoms with Gasteiger partial charge < -0.3 is 5.11 Å². The fourth-order valence-electron chi connectivity index (χ4n) is 5.74. The predicted octanol–water partition coefficient (Wildman–Crippen LogP) is 5.11. The summed E-state index contributed by atoms with van der Waals surface area (Å²) in [5.74, 6) is 2.60. The Morgan fingerprint density at radius 3 is 2.67 bits per heavy atom. The largest absolute Gasteiger partial charge is 0.390 e. The highest BCUT2D eigenvalue weighted by atomic mass is 16.3. The Labute approximate surface area is 130 Å². The summed E-state index contributed by atoms with van der Waals surface area (Å²) in [6, 6.07) is 0. The molecule has 0 spiro atoms. The second-order valence-electron chi connectivity index (χ2n) is 8.68. The van der Waals surface area contributed by atoms with Gasteiger partial charge in [0.05, 0.1) is 5.60 Å². The minimum atomic E-state index is -0.463. The van der Waals surface area contributed by atoms with Crippen LogP contribution in [0.2, 0.25) is 0 Å². The van der Waals surface area contributed by atoms with Gasteiger partial charge in [-0.2, -0.15) is 0 Å². The van der Waals surface area contributed by atoms with E-state index in [1.165, 1.54) is 36.8 Å². The van der Waals surface area contributed by atoms with Crippen molar-refractivity contribution in [1.29, 1.82) is 0 Å². The fraction of sp³-hybridized carbons (Fsp3) is 0.800. The van der Waals surface area contributed by atoms with Crippen LogP contribution in [0.1, 0.15) is 66.2 Å². The summed E-state index contributed by atoms with van der Waals surface area (Å²) in [6.45, 7) is 13.3. The lowest BCUT2D eigenvalue weighted by Crippen LogP contribution is -2.35. The molecule has 3 fully saturated rings. The second-order valence-corrected chi connectivity index (χ2v) is 8.68. The maximum atomic E-state index is 10.9. The first-order valence-electron chi connectivity index (χ1n) is 8.81. The third-order valence-corrected chi connectivity index (χ3v) is 6.97. The SMILES string of the molecule is C=C1CCC2C(C3C1CCC3(C)O)C2(C)CCC=C(C)C. The van der Waals surface area contributed by atoms with Crippen molar-refractivity contribution >= 4 is 0 Å². The molecule has 3 aliphatic rings. The third kappa shape index (κ3) is 2.42. The zero-order chi connectivity index (χ0) is 15.4. The zero-order valence-corrected chi connectivity index (χ0v) is 14.3. The van der Waals surface area contributed by atoms with Gasteiger partial charge in [0.2, 0.25) is 0 Å². The quantitative estimate of drug-likeness (QED) is 0.715. The van der Waals surface area contributed by atoms with E-state index in [1.54, 1.807) is 0 Å². The van der Waals surface area contributed by atoms with Gasteiger partial charge in [-0.1, -0.05) is 30.7 Å². The fourth-order valence-corrected chi connectivity index (χ4v) is 5.74. The van der Waals surface area contributed by atoms with E-state index in [4.69, 9.17) is 0 Å². The maximum Gasteiger partial charge on any atom is 0.0656 e. The topological polar surface area (TPSA) is 20.2 Å². The van der Waals surface area contributed by atoms with Crippen LogP contribution in [-0.2, 0) is 0 Å². The Morgan fingerprint density at radius 2 is 2.00 bits per heavy atom. The van der Waals surface area contributed by atoms with Crippen molar-refractivity contribution in [3.05, 3.63) is 23.8 Å². The van der Waals surface area contributed by atoms with Gasteiger partial charge in [0, 0.05) is 0 Å². The van der Waals surface area contributed by atoms with E-state index in [9.17, 15) is 5.11 Å². The monoisotopic (exact) mass is 288 g/mol. The summed E-state index contributed by atoms with van der Waals surface area (Å²) in [5.41, 5.74) is 2.86. The van der Waals surface area contributed by atoms with E-state index in [2.05, 4.69) is 40.3 Å². The minimum absolute atomic E-state index is 0.462. The van der Waals surface area contributed by atoms with Crippen molar-refractivity contribution in [2.45, 2.75) is 71.8 Å². The van der Waals surface area contributed by atoms with Crippen LogP contribution in [0.15, 0.2) is 23.8 Å². The molecule has 0 bridgehead atoms. The van der Waals surface area contributed by atoms with Gasteiger partial charge in [-0.05, 0) is 88.4 Å². The lowest BCUT2D eigenvalue weighted by Gasteiger charge is -2.32. The van der Waals surface area contributed by atoms with Crippen molar-refractivity contribution in [3.63, 3.8) is 0 Å². The highest BCUT2D eigenvalue weighted by Crippen LogP contribution is 2.73. The van der Waals surface area contributed by atoms with Gasteiger partial charge in [-0.25, -0.2) is 0 Å². The average molecular weight is 288 g/mol. The molecule has 3 aliphatic carbocycles. The number of allylic oxidation sites excluding steroid dienone is 3. The molecule has 0 amide bonds. The molecule has 6 atom stereocenters. The van der Waals surface area contributed by atoms with Gasteiger partial charge in [0.1, 0.15) is 0 Å². The molecule has 1 nitrogen and oxygen atoms in total. The molecule has 6 unspecified atom stereocenters. The molecule has 0 saturated heterocycles. The molecule has 1 heteroatoms. The summed E-state index contributed by atoms with van der Waals surface area (Å²) < 4.78 is 0. The molecule has 0 aromatic heterocycles. The molecule has 0 radical (unpaired) electrons. The molecule has 0 aromatic rings. The first-order valence-corrected chi connectivity index (χ1v) is 8.81. The highest BCUT2D eigenvalue weighted by molar-refractivity contribution is 5.24. The number of rotatable bonds is 3. The maximum absolute atomic E-state index is 10.9. The Kier molecular flexibility index (Phi) is 3.64. The summed E-state index contributed by atoms with van der Waals surface area (Å²) >= 11 is 0. The molecular formula is C20H32O. The van der Waals surface area contributed by atoms with Crippen LogP contribution >= 0.6 is 0 Å². The Balaban J connectivity index is 1.80. The number of aliphatic hydroxyl groups is 1. The normalized spacial score (nSPS) is 48.3. The lowest BCUT2D eigenvalue weighted by atomic mass is 9.76. The summed E-state index contributed by atoms with van der Waals surface area (Å²) in [4.78, 5) is 0. The molecule has 0 aromatic carbocycles. The summed E-state index contributed by atoms with van der Waals surface area (Å²) in [6.07, 6.45) is 9.49. The number of fused-ring (bicyclic) bond motifs is 3. The van der Waals surface area contributed by atoms with Crippen LogP contribution in [-0.4, -0.2) is 10.7 Å². The minimum Gasteiger partial charge on any atom is -0.390 e. The Hall–Kier alpha value is -0.560. The van der Waals surface area contributed by atoms with Crippen LogP contribution in [0.25, 0.3) is 0 Å². The molecule has 21 heavy (non-hydrogen) atoms. The van der Waals surface area contributed by atoms with Crippen molar-refractivity contribution in [1.82, 2.24) is 0 Å². The molecule has 0 heterocycles. The zero-order valence-electron chi connectivity index (χ0n) is 14.3. The van der Waals surface area contributed by atoms with E-state index < -0.39 is 5.60 Å². The molecule has 3 rings (SSSR count). The second kappa shape index (κ2) is 4.98. The lowest BCUT2D eigenvalue weighted by molar-refractivity contribution is -0.00230. The third-order valence-electron chi connectivity index (χ3n) is 6.97. The number of hydrogen-bond donors (Lipinski definition) is 1. The first-order chi connectivity index (χ1) is 9.77. The van der Waals surface area contributed by atoms with Gasteiger partial charge in [0.25, 0.3) is 0 Å². The van der Waals surface area contributed by atoms with Crippen molar-refractivity contribution in [3.8, 4) is 0 Å². The van der Waals surface area contributed by atoms with Gasteiger partial charge in [-0.15, -0.1) is 0 Å². The molecule has 1 N–H and O–H groups in total. The van der Waals surface area contributed by atoms with E-state index >= 15 is 0 Å². The van der Waals surface area contributed by atoms with Crippen molar-refractivity contribution in [2.24, 2.45) is 29.1 Å². The standard InChI is InChI=1S/C20H32O/c1-13(2)7-6-11-19(4)16-9-8-14(3)15-10-12-20(5,21)17(15)18(16)19/h7,15-18,21H,3,6,8-12H2,1-2,4-5H3. The molecular weight excluding hydrogens is 256 g/mol. The highest BCUT2D eigenvalue weighted by Gasteiger charge is 2.68. The van der Waals surface area contributed by atoms with Gasteiger partial charge >= 0.3 is 0 Å². The number of hydrogen-bond acceptors (Lipinski definition) is 1. The summed E-state index contributed by atoms with van der Waals surface area (Å²) in [5, 5.41) is 10.9. The van der Waals surface area contributed by atoms with E-state index in [1.807, 2.05) is 0 Å². The van der Waals surface area contributed by atoms with E-state index in [0.717, 1.165) is 24.7 Å². The van der Waals surface area contributed by atoms with Crippen molar-refractivity contribution in [2.75, 3.05) is 0 Å². The molecule has 0 aliphatic heterocycles. The van der Waals surface area contributed by atoms with Crippen molar-refractivity contribution < 1.29 is 5.11 Å². The first kappa shape index (κ1) is 15.3. The van der Waals surface area contributed by atoms with Gasteiger partial charge in [-0.3, -0.25) is 0 Å². The van der Waals surface area contributed by atoms with Crippen LogP contribution in [0.5, 0.6) is 0 Å². The smallest absolute Gasteiger partial charge is 0.0656 e. The van der Waals surface area contributed by atoms with Crippen LogP contribution in [0.3, 0.4) is 0 Å². The van der Waals surface area contributed by atoms with E-state index in [-0.39, 0.29) is 0 Å². The van der Waals surface area contributed by atoms with Gasteiger partial charge in [0.15, 0.2) is 0 Å².